The third kappa shape index (κ3) is 5.34. The van der Waals surface area contributed by atoms with E-state index >= 15 is 0 Å². The molecule has 1 unspecified atom stereocenters. The third-order valence-corrected chi connectivity index (χ3v) is 4.15. The maximum Gasteiger partial charge on any atom is 0.243 e. The first kappa shape index (κ1) is 17.9. The predicted octanol–water partition coefficient (Wildman–Crippen LogP) is 2.05. The van der Waals surface area contributed by atoms with Crippen molar-refractivity contribution in [3.63, 3.8) is 0 Å². The summed E-state index contributed by atoms with van der Waals surface area (Å²) in [5.74, 6) is -0.00232. The zero-order valence-corrected chi connectivity index (χ0v) is 13.6. The smallest absolute Gasteiger partial charge is 0.243 e. The minimum atomic E-state index is -0.383. The van der Waals surface area contributed by atoms with E-state index in [9.17, 15) is 9.59 Å². The van der Waals surface area contributed by atoms with Crippen LogP contribution in [0, 0.1) is 5.92 Å². The number of hydrogen-bond donors (Lipinski definition) is 4. The second-order valence-corrected chi connectivity index (χ2v) is 5.97. The molecule has 24 heavy (non-hydrogen) atoms. The summed E-state index contributed by atoms with van der Waals surface area (Å²) in [4.78, 5) is 30.3. The lowest BCUT2D eigenvalue weighted by Crippen LogP contribution is -2.24. The number of unbranched alkanes of at least 4 members (excludes halogenated alkanes) is 2. The largest absolute Gasteiger partial charge is 0.369 e. The maximum atomic E-state index is 11.6. The molecule has 130 valence electrons. The molecule has 0 aliphatic heterocycles. The first-order valence-corrected chi connectivity index (χ1v) is 8.26. The molecule has 2 amide bonds. The Morgan fingerprint density at radius 2 is 2.00 bits per heavy atom. The summed E-state index contributed by atoms with van der Waals surface area (Å²) >= 11 is 0. The number of hydroxylamine groups is 1. The molecule has 1 atom stereocenters. The minimum Gasteiger partial charge on any atom is -0.369 e. The van der Waals surface area contributed by atoms with Crippen LogP contribution in [0.1, 0.15) is 44.3 Å². The van der Waals surface area contributed by atoms with E-state index in [0.29, 0.717) is 25.7 Å². The SMILES string of the molecule is NC(=O)C(CCCCCC(=O)NO)CCc1nc2ccccc2[nH]1. The van der Waals surface area contributed by atoms with Crippen LogP contribution in [-0.4, -0.2) is 27.0 Å². The van der Waals surface area contributed by atoms with E-state index in [4.69, 9.17) is 10.9 Å². The molecule has 0 saturated carbocycles. The Balaban J connectivity index is 1.76. The normalized spacial score (nSPS) is 12.2. The number of hydrogen-bond acceptors (Lipinski definition) is 4. The topological polar surface area (TPSA) is 121 Å². The zero-order valence-electron chi connectivity index (χ0n) is 13.6. The Morgan fingerprint density at radius 3 is 2.71 bits per heavy atom. The molecule has 0 aliphatic carbocycles. The Morgan fingerprint density at radius 1 is 1.21 bits per heavy atom. The number of aromatic nitrogens is 2. The summed E-state index contributed by atoms with van der Waals surface area (Å²) in [5.41, 5.74) is 9.02. The van der Waals surface area contributed by atoms with Crippen molar-refractivity contribution >= 4 is 22.8 Å². The van der Waals surface area contributed by atoms with Gasteiger partial charge in [0.15, 0.2) is 0 Å². The molecule has 0 fully saturated rings. The monoisotopic (exact) mass is 332 g/mol. The van der Waals surface area contributed by atoms with Gasteiger partial charge in [0.1, 0.15) is 5.82 Å². The lowest BCUT2D eigenvalue weighted by molar-refractivity contribution is -0.129. The number of primary amides is 1. The lowest BCUT2D eigenvalue weighted by Gasteiger charge is -2.12. The van der Waals surface area contributed by atoms with Gasteiger partial charge in [0.05, 0.1) is 11.0 Å². The van der Waals surface area contributed by atoms with Crippen LogP contribution in [0.15, 0.2) is 24.3 Å². The molecule has 1 heterocycles. The van der Waals surface area contributed by atoms with E-state index < -0.39 is 0 Å². The standard InChI is InChI=1S/C17H24N4O3/c18-17(23)12(6-2-1-3-9-16(22)21-24)10-11-15-19-13-7-4-5-8-14(13)20-15/h4-5,7-8,12,24H,1-3,6,9-11H2,(H2,18,23)(H,19,20)(H,21,22). The number of aryl methyl sites for hydroxylation is 1. The highest BCUT2D eigenvalue weighted by Crippen LogP contribution is 2.18. The Bertz CT molecular complexity index is 650. The number of nitrogens with two attached hydrogens (primary N) is 1. The highest BCUT2D eigenvalue weighted by molar-refractivity contribution is 5.77. The van der Waals surface area contributed by atoms with E-state index in [2.05, 4.69) is 9.97 Å². The number of nitrogens with one attached hydrogen (secondary N) is 2. The van der Waals surface area contributed by atoms with Crippen molar-refractivity contribution in [2.24, 2.45) is 11.7 Å². The fourth-order valence-electron chi connectivity index (χ4n) is 2.77. The summed E-state index contributed by atoms with van der Waals surface area (Å²) < 4.78 is 0. The molecule has 1 aromatic heterocycles. The van der Waals surface area contributed by atoms with Gasteiger partial charge in [-0.15, -0.1) is 0 Å². The van der Waals surface area contributed by atoms with Crippen LogP contribution in [0.4, 0.5) is 0 Å². The number of nitrogens with zero attached hydrogens (tertiary/aromatic N) is 1. The van der Waals surface area contributed by atoms with E-state index in [-0.39, 0.29) is 24.2 Å². The van der Waals surface area contributed by atoms with Crippen molar-refractivity contribution in [2.75, 3.05) is 0 Å². The second-order valence-electron chi connectivity index (χ2n) is 5.97. The van der Waals surface area contributed by atoms with E-state index in [1.807, 2.05) is 24.3 Å². The molecule has 0 radical (unpaired) electrons. The van der Waals surface area contributed by atoms with Crippen molar-refractivity contribution < 1.29 is 14.8 Å². The average molecular weight is 332 g/mol. The summed E-state index contributed by atoms with van der Waals surface area (Å²) in [6.45, 7) is 0. The van der Waals surface area contributed by atoms with E-state index in [1.54, 1.807) is 5.48 Å². The number of carbonyl (C=O) groups is 2. The highest BCUT2D eigenvalue weighted by Gasteiger charge is 2.16. The minimum absolute atomic E-state index is 0.190. The van der Waals surface area contributed by atoms with Crippen molar-refractivity contribution in [1.29, 1.82) is 0 Å². The van der Waals surface area contributed by atoms with Crippen LogP contribution in [0.25, 0.3) is 11.0 Å². The van der Waals surface area contributed by atoms with Gasteiger partial charge in [-0.3, -0.25) is 14.8 Å². The fourth-order valence-corrected chi connectivity index (χ4v) is 2.77. The quantitative estimate of drug-likeness (QED) is 0.302. The Labute approximate surface area is 140 Å². The second kappa shape index (κ2) is 9.02. The maximum absolute atomic E-state index is 11.6. The van der Waals surface area contributed by atoms with Crippen LogP contribution < -0.4 is 11.2 Å². The van der Waals surface area contributed by atoms with Gasteiger partial charge in [0.25, 0.3) is 0 Å². The molecular formula is C17H24N4O3. The number of aromatic amines is 1. The summed E-state index contributed by atoms with van der Waals surface area (Å²) in [7, 11) is 0. The van der Waals surface area contributed by atoms with Crippen LogP contribution >= 0.6 is 0 Å². The molecule has 2 rings (SSSR count). The number of para-hydroxylation sites is 2. The van der Waals surface area contributed by atoms with Crippen molar-refractivity contribution in [3.8, 4) is 0 Å². The molecule has 2 aromatic rings. The summed E-state index contributed by atoms with van der Waals surface area (Å²) in [5, 5.41) is 8.41. The predicted molar refractivity (Wildman–Crippen MR) is 90.1 cm³/mol. The zero-order chi connectivity index (χ0) is 17.4. The highest BCUT2D eigenvalue weighted by atomic mass is 16.5. The molecule has 1 aromatic carbocycles. The van der Waals surface area contributed by atoms with Crippen LogP contribution in [-0.2, 0) is 16.0 Å². The molecule has 0 bridgehead atoms. The first-order chi connectivity index (χ1) is 11.6. The number of fused-ring (bicyclic) bond motifs is 1. The number of amides is 2. The molecule has 5 N–H and O–H groups in total. The molecule has 0 spiro atoms. The van der Waals surface area contributed by atoms with Gasteiger partial charge in [0, 0.05) is 18.8 Å². The Kier molecular flexibility index (Phi) is 6.74. The molecule has 0 saturated heterocycles. The molecule has 0 aliphatic rings. The lowest BCUT2D eigenvalue weighted by atomic mass is 9.95. The molecule has 7 nitrogen and oxygen atoms in total. The molecule has 7 heteroatoms. The van der Waals surface area contributed by atoms with Crippen LogP contribution in [0.2, 0.25) is 0 Å². The first-order valence-electron chi connectivity index (χ1n) is 8.26. The van der Waals surface area contributed by atoms with Gasteiger partial charge in [-0.1, -0.05) is 25.0 Å². The van der Waals surface area contributed by atoms with Crippen molar-refractivity contribution in [3.05, 3.63) is 30.1 Å². The van der Waals surface area contributed by atoms with Gasteiger partial charge in [0.2, 0.25) is 11.8 Å². The summed E-state index contributed by atoms with van der Waals surface area (Å²) in [6.07, 6.45) is 4.66. The van der Waals surface area contributed by atoms with Gasteiger partial charge in [-0.2, -0.15) is 0 Å². The van der Waals surface area contributed by atoms with Crippen molar-refractivity contribution in [1.82, 2.24) is 15.4 Å². The van der Waals surface area contributed by atoms with Gasteiger partial charge < -0.3 is 10.7 Å². The van der Waals surface area contributed by atoms with Crippen LogP contribution in [0.3, 0.4) is 0 Å². The number of rotatable bonds is 10. The van der Waals surface area contributed by atoms with Gasteiger partial charge >= 0.3 is 0 Å². The number of carbonyl (C=O) groups excluding carboxylic acids is 2. The average Bonchev–Trinajstić information content (AvgIpc) is 2.99. The van der Waals surface area contributed by atoms with Crippen LogP contribution in [0.5, 0.6) is 0 Å². The summed E-state index contributed by atoms with van der Waals surface area (Å²) in [6, 6.07) is 7.81. The Hall–Kier alpha value is -2.41. The van der Waals surface area contributed by atoms with E-state index in [1.165, 1.54) is 0 Å². The number of H-pyrrole nitrogens is 1. The molecular weight excluding hydrogens is 308 g/mol. The number of benzene rings is 1. The third-order valence-electron chi connectivity index (χ3n) is 4.15. The van der Waals surface area contributed by atoms with Crippen molar-refractivity contribution in [2.45, 2.75) is 44.9 Å². The fraction of sp³-hybridized carbons (Fsp3) is 0.471. The van der Waals surface area contributed by atoms with Gasteiger partial charge in [-0.05, 0) is 31.4 Å². The van der Waals surface area contributed by atoms with E-state index in [0.717, 1.165) is 29.7 Å². The van der Waals surface area contributed by atoms with Gasteiger partial charge in [-0.25, -0.2) is 10.5 Å². The number of imidazole rings is 1.